The number of imidazole rings is 1. The molecule has 0 spiro atoms. The van der Waals surface area contributed by atoms with Gasteiger partial charge in [-0.1, -0.05) is 36.4 Å². The van der Waals surface area contributed by atoms with Gasteiger partial charge in [0.1, 0.15) is 5.65 Å². The molecular weight excluding hydrogens is 262 g/mol. The maximum absolute atomic E-state index is 11.1. The van der Waals surface area contributed by atoms with Gasteiger partial charge in [0.15, 0.2) is 0 Å². The summed E-state index contributed by atoms with van der Waals surface area (Å²) in [7, 11) is 0. The van der Waals surface area contributed by atoms with Crippen molar-refractivity contribution >= 4 is 17.6 Å². The number of primary amides is 1. The topological polar surface area (TPSA) is 60.4 Å². The zero-order valence-electron chi connectivity index (χ0n) is 11.7. The summed E-state index contributed by atoms with van der Waals surface area (Å²) in [5.41, 5.74) is 9.85. The Bertz CT molecular complexity index is 832. The first kappa shape index (κ1) is 13.1. The van der Waals surface area contributed by atoms with Gasteiger partial charge in [-0.3, -0.25) is 9.20 Å². The number of pyridine rings is 1. The summed E-state index contributed by atoms with van der Waals surface area (Å²) in [6.45, 7) is 2.02. The summed E-state index contributed by atoms with van der Waals surface area (Å²) in [4.78, 5) is 15.7. The van der Waals surface area contributed by atoms with E-state index in [2.05, 4.69) is 4.98 Å². The predicted octanol–water partition coefficient (Wildman–Crippen LogP) is 2.81. The van der Waals surface area contributed by atoms with Gasteiger partial charge in [0.2, 0.25) is 5.91 Å². The minimum atomic E-state index is -0.475. The van der Waals surface area contributed by atoms with Gasteiger partial charge < -0.3 is 5.73 Å². The molecule has 4 nitrogen and oxygen atoms in total. The van der Waals surface area contributed by atoms with Crippen LogP contribution in [0.15, 0.2) is 54.7 Å². The van der Waals surface area contributed by atoms with Gasteiger partial charge in [0.25, 0.3) is 0 Å². The molecule has 0 atom stereocenters. The monoisotopic (exact) mass is 277 g/mol. The number of carbonyl (C=O) groups is 1. The lowest BCUT2D eigenvalue weighted by Crippen LogP contribution is -2.05. The highest BCUT2D eigenvalue weighted by Gasteiger charge is 2.11. The molecule has 0 unspecified atom stereocenters. The molecule has 2 heterocycles. The Hall–Kier alpha value is -2.88. The smallest absolute Gasteiger partial charge is 0.241 e. The first-order valence-corrected chi connectivity index (χ1v) is 6.67. The molecule has 21 heavy (non-hydrogen) atoms. The zero-order chi connectivity index (χ0) is 14.8. The Morgan fingerprint density at radius 1 is 1.19 bits per heavy atom. The summed E-state index contributed by atoms with van der Waals surface area (Å²) >= 11 is 0. The molecule has 0 saturated heterocycles. The van der Waals surface area contributed by atoms with Gasteiger partial charge in [-0.25, -0.2) is 4.98 Å². The second kappa shape index (κ2) is 5.25. The number of carbonyl (C=O) groups excluding carboxylic acids is 1. The average molecular weight is 277 g/mol. The fourth-order valence-electron chi connectivity index (χ4n) is 2.30. The highest BCUT2D eigenvalue weighted by Crippen LogP contribution is 2.25. The molecule has 1 aromatic carbocycles. The third kappa shape index (κ3) is 2.56. The van der Waals surface area contributed by atoms with Crippen molar-refractivity contribution in [2.75, 3.05) is 0 Å². The Balaban J connectivity index is 2.28. The van der Waals surface area contributed by atoms with E-state index in [1.807, 2.05) is 60.0 Å². The third-order valence-electron chi connectivity index (χ3n) is 3.26. The number of benzene rings is 1. The molecule has 0 aliphatic carbocycles. The van der Waals surface area contributed by atoms with E-state index in [9.17, 15) is 4.79 Å². The van der Waals surface area contributed by atoms with E-state index in [1.165, 1.54) is 6.08 Å². The van der Waals surface area contributed by atoms with Gasteiger partial charge in [-0.2, -0.15) is 0 Å². The molecule has 0 fully saturated rings. The van der Waals surface area contributed by atoms with Crippen LogP contribution in [0, 0.1) is 6.92 Å². The molecule has 0 bridgehead atoms. The number of hydrogen-bond acceptors (Lipinski definition) is 2. The number of nitrogens with two attached hydrogens (primary N) is 1. The third-order valence-corrected chi connectivity index (χ3v) is 3.26. The highest BCUT2D eigenvalue weighted by atomic mass is 16.1. The van der Waals surface area contributed by atoms with Crippen LogP contribution < -0.4 is 5.73 Å². The molecule has 0 radical (unpaired) electrons. The van der Waals surface area contributed by atoms with Crippen molar-refractivity contribution in [1.29, 1.82) is 0 Å². The molecule has 0 saturated carbocycles. The largest absolute Gasteiger partial charge is 0.366 e. The highest BCUT2D eigenvalue weighted by molar-refractivity contribution is 5.91. The van der Waals surface area contributed by atoms with Gasteiger partial charge in [-0.15, -0.1) is 0 Å². The summed E-state index contributed by atoms with van der Waals surface area (Å²) in [5.74, 6) is -0.475. The lowest BCUT2D eigenvalue weighted by molar-refractivity contribution is -0.113. The molecule has 1 amide bonds. The molecule has 0 aliphatic heterocycles. The van der Waals surface area contributed by atoms with E-state index in [0.29, 0.717) is 0 Å². The fourth-order valence-corrected chi connectivity index (χ4v) is 2.30. The first-order chi connectivity index (χ1) is 10.1. The van der Waals surface area contributed by atoms with Gasteiger partial charge in [-0.05, 0) is 24.6 Å². The molecule has 104 valence electrons. The van der Waals surface area contributed by atoms with E-state index >= 15 is 0 Å². The van der Waals surface area contributed by atoms with Crippen LogP contribution in [0.4, 0.5) is 0 Å². The Morgan fingerprint density at radius 3 is 2.67 bits per heavy atom. The minimum absolute atomic E-state index is 0.475. The van der Waals surface area contributed by atoms with Crippen LogP contribution in [-0.4, -0.2) is 15.3 Å². The molecule has 0 aliphatic rings. The molecule has 3 rings (SSSR count). The van der Waals surface area contributed by atoms with E-state index in [-0.39, 0.29) is 0 Å². The summed E-state index contributed by atoms with van der Waals surface area (Å²) in [5, 5.41) is 0. The molecule has 2 aromatic heterocycles. The Morgan fingerprint density at radius 2 is 1.95 bits per heavy atom. The van der Waals surface area contributed by atoms with Crippen LogP contribution in [-0.2, 0) is 4.79 Å². The summed E-state index contributed by atoms with van der Waals surface area (Å²) in [6.07, 6.45) is 5.07. The van der Waals surface area contributed by atoms with Gasteiger partial charge in [0, 0.05) is 17.8 Å². The van der Waals surface area contributed by atoms with Crippen molar-refractivity contribution in [2.24, 2.45) is 5.73 Å². The number of hydrogen-bond donors (Lipinski definition) is 1. The lowest BCUT2D eigenvalue weighted by Gasteiger charge is -2.01. The summed E-state index contributed by atoms with van der Waals surface area (Å²) in [6, 6.07) is 13.9. The van der Waals surface area contributed by atoms with Crippen LogP contribution >= 0.6 is 0 Å². The van der Waals surface area contributed by atoms with Crippen LogP contribution in [0.25, 0.3) is 23.0 Å². The number of fused-ring (bicyclic) bond motifs is 1. The van der Waals surface area contributed by atoms with Crippen molar-refractivity contribution in [3.63, 3.8) is 0 Å². The number of aryl methyl sites for hydroxylation is 1. The molecule has 3 aromatic rings. The number of rotatable bonds is 3. The Labute approximate surface area is 122 Å². The van der Waals surface area contributed by atoms with Crippen molar-refractivity contribution in [1.82, 2.24) is 9.38 Å². The standard InChI is InChI=1S/C17H15N3O/c1-12-7-10-16-19-17(13-5-3-2-4-6-13)14(20(16)11-12)8-9-15(18)21/h2-11H,1H3,(H2,18,21)/b9-8+. The molecular formula is C17H15N3O. The normalized spacial score (nSPS) is 11.3. The van der Waals surface area contributed by atoms with E-state index in [0.717, 1.165) is 28.2 Å². The van der Waals surface area contributed by atoms with Crippen LogP contribution in [0.2, 0.25) is 0 Å². The second-order valence-corrected chi connectivity index (χ2v) is 4.88. The zero-order valence-corrected chi connectivity index (χ0v) is 11.7. The first-order valence-electron chi connectivity index (χ1n) is 6.67. The van der Waals surface area contributed by atoms with Crippen molar-refractivity contribution < 1.29 is 4.79 Å². The van der Waals surface area contributed by atoms with Crippen LogP contribution in [0.5, 0.6) is 0 Å². The number of aromatic nitrogens is 2. The van der Waals surface area contributed by atoms with Crippen molar-refractivity contribution in [3.05, 3.63) is 66.0 Å². The summed E-state index contributed by atoms with van der Waals surface area (Å²) < 4.78 is 1.97. The SMILES string of the molecule is Cc1ccc2nc(-c3ccccc3)c(/C=C/C(N)=O)n2c1. The maximum atomic E-state index is 11.1. The van der Waals surface area contributed by atoms with Crippen molar-refractivity contribution in [2.45, 2.75) is 6.92 Å². The van der Waals surface area contributed by atoms with E-state index < -0.39 is 5.91 Å². The minimum Gasteiger partial charge on any atom is -0.366 e. The Kier molecular flexibility index (Phi) is 3.28. The van der Waals surface area contributed by atoms with E-state index in [4.69, 9.17) is 5.73 Å². The van der Waals surface area contributed by atoms with Crippen molar-refractivity contribution in [3.8, 4) is 11.3 Å². The van der Waals surface area contributed by atoms with Gasteiger partial charge in [0.05, 0.1) is 11.4 Å². The van der Waals surface area contributed by atoms with Crippen LogP contribution in [0.1, 0.15) is 11.3 Å². The number of amides is 1. The lowest BCUT2D eigenvalue weighted by atomic mass is 10.1. The van der Waals surface area contributed by atoms with Gasteiger partial charge >= 0.3 is 0 Å². The fraction of sp³-hybridized carbons (Fsp3) is 0.0588. The number of nitrogens with zero attached hydrogens (tertiary/aromatic N) is 2. The molecule has 4 heteroatoms. The molecule has 2 N–H and O–H groups in total. The van der Waals surface area contributed by atoms with E-state index in [1.54, 1.807) is 6.08 Å². The second-order valence-electron chi connectivity index (χ2n) is 4.88. The predicted molar refractivity (Wildman–Crippen MR) is 83.6 cm³/mol. The van der Waals surface area contributed by atoms with Crippen LogP contribution in [0.3, 0.4) is 0 Å². The quantitative estimate of drug-likeness (QED) is 0.748. The maximum Gasteiger partial charge on any atom is 0.241 e. The average Bonchev–Trinajstić information content (AvgIpc) is 2.84.